The Bertz CT molecular complexity index is 432. The molecule has 0 aliphatic carbocycles. The molecule has 0 fully saturated rings. The molecule has 0 saturated carbocycles. The third-order valence-corrected chi connectivity index (χ3v) is 3.73. The van der Waals surface area contributed by atoms with Crippen molar-refractivity contribution in [3.05, 3.63) is 33.8 Å². The lowest BCUT2D eigenvalue weighted by atomic mass is 10.1. The standard InChI is InChI=1S/C16H22Cl2O2/c1-3-4-5-6-7-10-20-12(2)16(19)14-9-8-13(17)11-15(14)18/h8-9,11-12H,3-7,10H2,1-2H3. The second-order valence-electron chi connectivity index (χ2n) is 4.92. The zero-order chi connectivity index (χ0) is 15.0. The summed E-state index contributed by atoms with van der Waals surface area (Å²) in [6, 6.07) is 4.89. The maximum atomic E-state index is 12.2. The van der Waals surface area contributed by atoms with E-state index in [0.717, 1.165) is 12.8 Å². The average molecular weight is 317 g/mol. The molecule has 1 unspecified atom stereocenters. The van der Waals surface area contributed by atoms with Crippen LogP contribution >= 0.6 is 23.2 Å². The molecule has 0 saturated heterocycles. The van der Waals surface area contributed by atoms with Gasteiger partial charge >= 0.3 is 0 Å². The predicted molar refractivity (Wildman–Crippen MR) is 85.0 cm³/mol. The highest BCUT2D eigenvalue weighted by atomic mass is 35.5. The van der Waals surface area contributed by atoms with E-state index in [2.05, 4.69) is 6.92 Å². The molecule has 0 aliphatic heterocycles. The van der Waals surface area contributed by atoms with Crippen LogP contribution in [0.3, 0.4) is 0 Å². The number of unbranched alkanes of at least 4 members (excludes halogenated alkanes) is 4. The number of rotatable bonds is 9. The van der Waals surface area contributed by atoms with E-state index in [4.69, 9.17) is 27.9 Å². The summed E-state index contributed by atoms with van der Waals surface area (Å²) in [6.45, 7) is 4.56. The fourth-order valence-corrected chi connectivity index (χ4v) is 2.45. The van der Waals surface area contributed by atoms with Gasteiger partial charge in [-0.05, 0) is 31.5 Å². The Morgan fingerprint density at radius 3 is 2.55 bits per heavy atom. The van der Waals surface area contributed by atoms with Gasteiger partial charge in [0.05, 0.1) is 5.02 Å². The SMILES string of the molecule is CCCCCCCOC(C)C(=O)c1ccc(Cl)cc1Cl. The van der Waals surface area contributed by atoms with Crippen molar-refractivity contribution in [1.82, 2.24) is 0 Å². The molecule has 0 N–H and O–H groups in total. The number of benzene rings is 1. The van der Waals surface area contributed by atoms with Gasteiger partial charge in [0.15, 0.2) is 5.78 Å². The van der Waals surface area contributed by atoms with Crippen molar-refractivity contribution in [2.45, 2.75) is 52.1 Å². The van der Waals surface area contributed by atoms with Gasteiger partial charge in [-0.1, -0.05) is 55.8 Å². The topological polar surface area (TPSA) is 26.3 Å². The maximum Gasteiger partial charge on any atom is 0.192 e. The minimum absolute atomic E-state index is 0.0970. The number of hydrogen-bond acceptors (Lipinski definition) is 2. The molecule has 0 amide bonds. The Morgan fingerprint density at radius 1 is 1.20 bits per heavy atom. The Hall–Kier alpha value is -0.570. The van der Waals surface area contributed by atoms with Crippen LogP contribution in [0.1, 0.15) is 56.3 Å². The van der Waals surface area contributed by atoms with Gasteiger partial charge in [0, 0.05) is 17.2 Å². The molecule has 20 heavy (non-hydrogen) atoms. The summed E-state index contributed by atoms with van der Waals surface area (Å²) >= 11 is 11.8. The number of hydrogen-bond donors (Lipinski definition) is 0. The lowest BCUT2D eigenvalue weighted by Crippen LogP contribution is -2.21. The van der Waals surface area contributed by atoms with Gasteiger partial charge in [0.1, 0.15) is 6.10 Å². The predicted octanol–water partition coefficient (Wildman–Crippen LogP) is 5.55. The van der Waals surface area contributed by atoms with Crippen LogP contribution in [-0.2, 0) is 4.74 Å². The summed E-state index contributed by atoms with van der Waals surface area (Å²) in [4.78, 5) is 12.2. The fraction of sp³-hybridized carbons (Fsp3) is 0.562. The van der Waals surface area contributed by atoms with Crippen molar-refractivity contribution < 1.29 is 9.53 Å². The van der Waals surface area contributed by atoms with Crippen LogP contribution in [0.2, 0.25) is 10.0 Å². The summed E-state index contributed by atoms with van der Waals surface area (Å²) in [7, 11) is 0. The first-order valence-corrected chi connectivity index (χ1v) is 7.92. The molecule has 1 aromatic carbocycles. The Kier molecular flexibility index (Phi) is 8.20. The van der Waals surface area contributed by atoms with Gasteiger partial charge < -0.3 is 4.74 Å². The van der Waals surface area contributed by atoms with Crippen molar-refractivity contribution in [2.24, 2.45) is 0 Å². The molecule has 1 rings (SSSR count). The molecular formula is C16H22Cl2O2. The number of carbonyl (C=O) groups excluding carboxylic acids is 1. The van der Waals surface area contributed by atoms with Crippen LogP contribution in [-0.4, -0.2) is 18.5 Å². The summed E-state index contributed by atoms with van der Waals surface area (Å²) in [5.74, 6) is -0.0970. The Morgan fingerprint density at radius 2 is 1.90 bits per heavy atom. The van der Waals surface area contributed by atoms with Crippen molar-refractivity contribution >= 4 is 29.0 Å². The van der Waals surface area contributed by atoms with Crippen molar-refractivity contribution in [2.75, 3.05) is 6.61 Å². The second-order valence-corrected chi connectivity index (χ2v) is 5.76. The van der Waals surface area contributed by atoms with Gasteiger partial charge in [-0.2, -0.15) is 0 Å². The van der Waals surface area contributed by atoms with Crippen LogP contribution in [0.15, 0.2) is 18.2 Å². The van der Waals surface area contributed by atoms with Crippen LogP contribution in [0.4, 0.5) is 0 Å². The van der Waals surface area contributed by atoms with Crippen molar-refractivity contribution in [3.63, 3.8) is 0 Å². The number of carbonyl (C=O) groups is 1. The zero-order valence-corrected chi connectivity index (χ0v) is 13.6. The van der Waals surface area contributed by atoms with Gasteiger partial charge in [0.25, 0.3) is 0 Å². The zero-order valence-electron chi connectivity index (χ0n) is 12.1. The second kappa shape index (κ2) is 9.38. The Balaban J connectivity index is 2.39. The van der Waals surface area contributed by atoms with Gasteiger partial charge in [-0.25, -0.2) is 0 Å². The first kappa shape index (κ1) is 17.5. The van der Waals surface area contributed by atoms with E-state index in [0.29, 0.717) is 22.2 Å². The van der Waals surface area contributed by atoms with Gasteiger partial charge in [-0.15, -0.1) is 0 Å². The highest BCUT2D eigenvalue weighted by Gasteiger charge is 2.18. The Labute approximate surface area is 131 Å². The van der Waals surface area contributed by atoms with Crippen LogP contribution in [0.5, 0.6) is 0 Å². The highest BCUT2D eigenvalue weighted by Crippen LogP contribution is 2.22. The first-order chi connectivity index (χ1) is 9.56. The first-order valence-electron chi connectivity index (χ1n) is 7.17. The molecule has 0 aromatic heterocycles. The molecule has 112 valence electrons. The summed E-state index contributed by atoms with van der Waals surface area (Å²) in [6.07, 6.45) is 5.38. The minimum Gasteiger partial charge on any atom is -0.370 e. The number of ketones is 1. The smallest absolute Gasteiger partial charge is 0.192 e. The van der Waals surface area contributed by atoms with E-state index in [-0.39, 0.29) is 5.78 Å². The normalized spacial score (nSPS) is 12.4. The van der Waals surface area contributed by atoms with Gasteiger partial charge in [-0.3, -0.25) is 4.79 Å². The number of halogens is 2. The third-order valence-electron chi connectivity index (χ3n) is 3.18. The monoisotopic (exact) mass is 316 g/mol. The van der Waals surface area contributed by atoms with Gasteiger partial charge in [0.2, 0.25) is 0 Å². The van der Waals surface area contributed by atoms with E-state index < -0.39 is 6.10 Å². The molecular weight excluding hydrogens is 295 g/mol. The fourth-order valence-electron chi connectivity index (χ4n) is 1.95. The van der Waals surface area contributed by atoms with E-state index in [1.165, 1.54) is 19.3 Å². The molecule has 0 radical (unpaired) electrons. The molecule has 1 atom stereocenters. The maximum absolute atomic E-state index is 12.2. The summed E-state index contributed by atoms with van der Waals surface area (Å²) in [5, 5.41) is 0.900. The highest BCUT2D eigenvalue weighted by molar-refractivity contribution is 6.37. The van der Waals surface area contributed by atoms with Crippen LogP contribution in [0.25, 0.3) is 0 Å². The minimum atomic E-state index is -0.472. The summed E-state index contributed by atoms with van der Waals surface area (Å²) < 4.78 is 5.58. The van der Waals surface area contributed by atoms with Crippen LogP contribution in [0, 0.1) is 0 Å². The lowest BCUT2D eigenvalue weighted by molar-refractivity contribution is 0.0464. The summed E-state index contributed by atoms with van der Waals surface area (Å²) in [5.41, 5.74) is 0.467. The van der Waals surface area contributed by atoms with Crippen molar-refractivity contribution in [1.29, 1.82) is 0 Å². The molecule has 0 heterocycles. The van der Waals surface area contributed by atoms with Crippen LogP contribution < -0.4 is 0 Å². The van der Waals surface area contributed by atoms with E-state index >= 15 is 0 Å². The molecule has 0 spiro atoms. The molecule has 0 bridgehead atoms. The van der Waals surface area contributed by atoms with E-state index in [1.54, 1.807) is 25.1 Å². The molecule has 2 nitrogen and oxygen atoms in total. The molecule has 1 aromatic rings. The van der Waals surface area contributed by atoms with E-state index in [1.807, 2.05) is 0 Å². The lowest BCUT2D eigenvalue weighted by Gasteiger charge is -2.13. The molecule has 4 heteroatoms. The average Bonchev–Trinajstić information content (AvgIpc) is 2.41. The number of ether oxygens (including phenoxy) is 1. The van der Waals surface area contributed by atoms with E-state index in [9.17, 15) is 4.79 Å². The molecule has 0 aliphatic rings. The van der Waals surface area contributed by atoms with Crippen molar-refractivity contribution in [3.8, 4) is 0 Å². The number of Topliss-reactive ketones (excluding diaryl/α,β-unsaturated/α-hetero) is 1. The quantitative estimate of drug-likeness (QED) is 0.441. The largest absolute Gasteiger partial charge is 0.370 e. The third kappa shape index (κ3) is 5.82.